The first-order chi connectivity index (χ1) is 11.6. The maximum atomic E-state index is 13.0. The van der Waals surface area contributed by atoms with Gasteiger partial charge in [0.1, 0.15) is 6.04 Å². The van der Waals surface area contributed by atoms with Crippen LogP contribution in [0.1, 0.15) is 29.3 Å². The van der Waals surface area contributed by atoms with Gasteiger partial charge in [0.15, 0.2) is 0 Å². The van der Waals surface area contributed by atoms with Gasteiger partial charge in [-0.15, -0.1) is 0 Å². The highest BCUT2D eigenvalue weighted by molar-refractivity contribution is 6.09. The smallest absolute Gasteiger partial charge is 0.328 e. The lowest BCUT2D eigenvalue weighted by atomic mass is 10.1. The Morgan fingerprint density at radius 2 is 1.88 bits per heavy atom. The Kier molecular flexibility index (Phi) is 5.69. The second kappa shape index (κ2) is 7.93. The lowest BCUT2D eigenvalue weighted by molar-refractivity contribution is -0.142. The van der Waals surface area contributed by atoms with E-state index in [0.29, 0.717) is 23.2 Å². The molecule has 1 amide bonds. The molecule has 0 fully saturated rings. The van der Waals surface area contributed by atoms with Gasteiger partial charge in [-0.05, 0) is 36.8 Å². The molecule has 0 heterocycles. The van der Waals surface area contributed by atoms with Crippen molar-refractivity contribution in [1.29, 1.82) is 5.26 Å². The monoisotopic (exact) mass is 322 g/mol. The number of para-hydroxylation sites is 1. The minimum absolute atomic E-state index is 0.347. The molecule has 2 rings (SSSR count). The van der Waals surface area contributed by atoms with Crippen LogP contribution in [0.2, 0.25) is 0 Å². The van der Waals surface area contributed by atoms with Crippen molar-refractivity contribution in [3.63, 3.8) is 0 Å². The van der Waals surface area contributed by atoms with Crippen molar-refractivity contribution in [1.82, 2.24) is 0 Å². The molecule has 0 radical (unpaired) electrons. The van der Waals surface area contributed by atoms with Gasteiger partial charge < -0.3 is 4.74 Å². The molecule has 0 saturated heterocycles. The molecule has 0 aliphatic heterocycles. The van der Waals surface area contributed by atoms with E-state index in [1.54, 1.807) is 42.5 Å². The fraction of sp³-hybridized carbons (Fsp3) is 0.211. The van der Waals surface area contributed by atoms with Crippen molar-refractivity contribution >= 4 is 17.6 Å². The van der Waals surface area contributed by atoms with E-state index >= 15 is 0 Å². The number of hydrogen-bond donors (Lipinski definition) is 0. The number of amides is 1. The van der Waals surface area contributed by atoms with Crippen molar-refractivity contribution in [3.8, 4) is 6.07 Å². The second-order valence-corrected chi connectivity index (χ2v) is 5.15. The summed E-state index contributed by atoms with van der Waals surface area (Å²) in [6.07, 6.45) is 0.408. The van der Waals surface area contributed by atoms with E-state index in [0.717, 1.165) is 0 Å². The molecule has 2 aromatic carbocycles. The Morgan fingerprint density at radius 3 is 2.46 bits per heavy atom. The maximum Gasteiger partial charge on any atom is 0.328 e. The molecule has 0 aliphatic rings. The van der Waals surface area contributed by atoms with Crippen LogP contribution in [0.4, 0.5) is 5.69 Å². The molecule has 5 nitrogen and oxygen atoms in total. The van der Waals surface area contributed by atoms with E-state index in [2.05, 4.69) is 0 Å². The molecule has 5 heteroatoms. The standard InChI is InChI=1S/C19H18N2O3/c1-3-17(19(23)24-2)21(16-10-5-4-6-11-16)18(22)15-9-7-8-14(12-15)13-20/h4-12,17H,3H2,1-2H3/t17-/m1/s1. The summed E-state index contributed by atoms with van der Waals surface area (Å²) in [6.45, 7) is 1.82. The van der Waals surface area contributed by atoms with E-state index in [1.165, 1.54) is 18.1 Å². The first-order valence-corrected chi connectivity index (χ1v) is 7.59. The van der Waals surface area contributed by atoms with E-state index in [9.17, 15) is 9.59 Å². The Balaban J connectivity index is 2.51. The highest BCUT2D eigenvalue weighted by atomic mass is 16.5. The molecule has 0 bridgehead atoms. The number of esters is 1. The number of hydrogen-bond acceptors (Lipinski definition) is 4. The van der Waals surface area contributed by atoms with Crippen molar-refractivity contribution in [2.75, 3.05) is 12.0 Å². The SMILES string of the molecule is CC[C@H](C(=O)OC)N(C(=O)c1cccc(C#N)c1)c1ccccc1. The highest BCUT2D eigenvalue weighted by Crippen LogP contribution is 2.22. The normalized spacial score (nSPS) is 11.2. The summed E-state index contributed by atoms with van der Waals surface area (Å²) in [6, 6.07) is 16.6. The highest BCUT2D eigenvalue weighted by Gasteiger charge is 2.31. The van der Waals surface area contributed by atoms with Crippen LogP contribution in [-0.2, 0) is 9.53 Å². The molecular weight excluding hydrogens is 304 g/mol. The summed E-state index contributed by atoms with van der Waals surface area (Å²) in [7, 11) is 1.30. The largest absolute Gasteiger partial charge is 0.467 e. The van der Waals surface area contributed by atoms with Crippen LogP contribution >= 0.6 is 0 Å². The van der Waals surface area contributed by atoms with Crippen LogP contribution in [0.15, 0.2) is 54.6 Å². The van der Waals surface area contributed by atoms with Crippen LogP contribution in [0, 0.1) is 11.3 Å². The first-order valence-electron chi connectivity index (χ1n) is 7.59. The van der Waals surface area contributed by atoms with E-state index in [1.807, 2.05) is 19.1 Å². The predicted octanol–water partition coefficient (Wildman–Crippen LogP) is 3.16. The molecule has 24 heavy (non-hydrogen) atoms. The number of rotatable bonds is 5. The summed E-state index contributed by atoms with van der Waals surface area (Å²) in [5.41, 5.74) is 1.34. The minimum Gasteiger partial charge on any atom is -0.467 e. The molecule has 0 N–H and O–H groups in total. The number of benzene rings is 2. The Morgan fingerprint density at radius 1 is 1.17 bits per heavy atom. The molecular formula is C19H18N2O3. The van der Waals surface area contributed by atoms with Crippen molar-refractivity contribution in [2.45, 2.75) is 19.4 Å². The Bertz CT molecular complexity index is 766. The first kappa shape index (κ1) is 17.2. The van der Waals surface area contributed by atoms with Gasteiger partial charge >= 0.3 is 5.97 Å². The quantitative estimate of drug-likeness (QED) is 0.793. The lowest BCUT2D eigenvalue weighted by Crippen LogP contribution is -2.45. The Hall–Kier alpha value is -3.13. The summed E-state index contributed by atoms with van der Waals surface area (Å²) < 4.78 is 4.85. The number of nitriles is 1. The summed E-state index contributed by atoms with van der Waals surface area (Å²) in [4.78, 5) is 26.6. The zero-order valence-corrected chi connectivity index (χ0v) is 13.6. The molecule has 0 aliphatic carbocycles. The molecule has 0 saturated carbocycles. The van der Waals surface area contributed by atoms with Gasteiger partial charge in [0, 0.05) is 11.3 Å². The van der Waals surface area contributed by atoms with Gasteiger partial charge in [0.05, 0.1) is 18.7 Å². The maximum absolute atomic E-state index is 13.0. The van der Waals surface area contributed by atoms with E-state index < -0.39 is 12.0 Å². The van der Waals surface area contributed by atoms with Gasteiger partial charge in [0.25, 0.3) is 5.91 Å². The van der Waals surface area contributed by atoms with Crippen LogP contribution in [0.25, 0.3) is 0 Å². The average molecular weight is 322 g/mol. The molecule has 0 unspecified atom stereocenters. The molecule has 0 aromatic heterocycles. The minimum atomic E-state index is -0.740. The van der Waals surface area contributed by atoms with Crippen LogP contribution in [0.3, 0.4) is 0 Å². The summed E-state index contributed by atoms with van der Waals surface area (Å²) >= 11 is 0. The topological polar surface area (TPSA) is 70.4 Å². The van der Waals surface area contributed by atoms with Crippen LogP contribution in [-0.4, -0.2) is 25.0 Å². The third kappa shape index (κ3) is 3.61. The summed E-state index contributed by atoms with van der Waals surface area (Å²) in [5, 5.41) is 9.03. The van der Waals surface area contributed by atoms with Crippen molar-refractivity contribution in [2.24, 2.45) is 0 Å². The molecule has 0 spiro atoms. The number of ether oxygens (including phenoxy) is 1. The van der Waals surface area contributed by atoms with E-state index in [4.69, 9.17) is 10.00 Å². The number of methoxy groups -OCH3 is 1. The lowest BCUT2D eigenvalue weighted by Gasteiger charge is -2.29. The van der Waals surface area contributed by atoms with Crippen LogP contribution < -0.4 is 4.90 Å². The summed E-state index contributed by atoms with van der Waals surface area (Å²) in [5.74, 6) is -0.832. The number of anilines is 1. The fourth-order valence-electron chi connectivity index (χ4n) is 2.48. The van der Waals surface area contributed by atoms with Crippen molar-refractivity contribution in [3.05, 3.63) is 65.7 Å². The van der Waals surface area contributed by atoms with E-state index in [-0.39, 0.29) is 5.91 Å². The van der Waals surface area contributed by atoms with Gasteiger partial charge in [-0.25, -0.2) is 4.79 Å². The third-order valence-corrected chi connectivity index (χ3v) is 3.66. The van der Waals surface area contributed by atoms with Gasteiger partial charge in [-0.3, -0.25) is 9.69 Å². The molecule has 122 valence electrons. The number of carbonyl (C=O) groups excluding carboxylic acids is 2. The van der Waals surface area contributed by atoms with Gasteiger partial charge in [-0.1, -0.05) is 31.2 Å². The molecule has 2 aromatic rings. The fourth-order valence-corrected chi connectivity index (χ4v) is 2.48. The van der Waals surface area contributed by atoms with Gasteiger partial charge in [0.2, 0.25) is 0 Å². The van der Waals surface area contributed by atoms with Gasteiger partial charge in [-0.2, -0.15) is 5.26 Å². The average Bonchev–Trinajstić information content (AvgIpc) is 2.65. The second-order valence-electron chi connectivity index (χ2n) is 5.15. The zero-order valence-electron chi connectivity index (χ0n) is 13.6. The zero-order chi connectivity index (χ0) is 17.5. The number of carbonyl (C=O) groups is 2. The molecule has 1 atom stereocenters. The van der Waals surface area contributed by atoms with Crippen molar-refractivity contribution < 1.29 is 14.3 Å². The third-order valence-electron chi connectivity index (χ3n) is 3.66. The predicted molar refractivity (Wildman–Crippen MR) is 90.5 cm³/mol. The van der Waals surface area contributed by atoms with Crippen LogP contribution in [0.5, 0.6) is 0 Å². The number of nitrogens with zero attached hydrogens (tertiary/aromatic N) is 2. The Labute approximate surface area is 141 Å².